The van der Waals surface area contributed by atoms with E-state index in [1.165, 1.54) is 6.33 Å². The summed E-state index contributed by atoms with van der Waals surface area (Å²) >= 11 is 5.73. The molecule has 1 N–H and O–H groups in total. The molecule has 2 aromatic heterocycles. The SMILES string of the molecule is CC(C)(C)OC(=O)N1CC[C@H](Oc2ccc3ncnc(Nc4ccc(OC(F)(F)F)c(Cl)c4F)c3n2)C1. The number of alkyl halides is 3. The van der Waals surface area contributed by atoms with Gasteiger partial charge in [-0.2, -0.15) is 0 Å². The lowest BCUT2D eigenvalue weighted by atomic mass is 10.2. The van der Waals surface area contributed by atoms with Crippen LogP contribution in [0.5, 0.6) is 11.6 Å². The van der Waals surface area contributed by atoms with Crippen LogP contribution in [0.15, 0.2) is 30.6 Å². The minimum atomic E-state index is -5.03. The number of carbonyl (C=O) groups is 1. The highest BCUT2D eigenvalue weighted by Crippen LogP contribution is 2.36. The molecule has 1 aliphatic rings. The molecule has 1 aliphatic heterocycles. The monoisotopic (exact) mass is 543 g/mol. The quantitative estimate of drug-likeness (QED) is 0.400. The Labute approximate surface area is 213 Å². The summed E-state index contributed by atoms with van der Waals surface area (Å²) in [4.78, 5) is 26.4. The predicted octanol–water partition coefficient (Wildman–Crippen LogP) is 5.85. The van der Waals surface area contributed by atoms with Gasteiger partial charge >= 0.3 is 12.5 Å². The van der Waals surface area contributed by atoms with Crippen molar-refractivity contribution in [1.29, 1.82) is 0 Å². The number of ether oxygens (including phenoxy) is 3. The zero-order valence-electron chi connectivity index (χ0n) is 19.9. The Hall–Kier alpha value is -3.61. The van der Waals surface area contributed by atoms with E-state index in [9.17, 15) is 22.4 Å². The van der Waals surface area contributed by atoms with Gasteiger partial charge in [0, 0.05) is 19.0 Å². The number of anilines is 2. The van der Waals surface area contributed by atoms with Crippen LogP contribution in [0.3, 0.4) is 0 Å². The molecule has 0 spiro atoms. The largest absolute Gasteiger partial charge is 0.573 e. The number of amides is 1. The van der Waals surface area contributed by atoms with Crippen molar-refractivity contribution in [1.82, 2.24) is 19.9 Å². The third-order valence-corrected chi connectivity index (χ3v) is 5.42. The minimum absolute atomic E-state index is 0.0664. The van der Waals surface area contributed by atoms with Crippen LogP contribution in [0, 0.1) is 5.82 Å². The molecular weight excluding hydrogens is 522 g/mol. The topological polar surface area (TPSA) is 98.7 Å². The number of benzene rings is 1. The number of carbonyl (C=O) groups excluding carboxylic acids is 1. The maximum Gasteiger partial charge on any atom is 0.573 e. The van der Waals surface area contributed by atoms with Crippen molar-refractivity contribution in [3.63, 3.8) is 0 Å². The van der Waals surface area contributed by atoms with Gasteiger partial charge in [0.25, 0.3) is 0 Å². The maximum atomic E-state index is 14.7. The minimum Gasteiger partial charge on any atom is -0.472 e. The molecule has 1 saturated heterocycles. The van der Waals surface area contributed by atoms with Gasteiger partial charge in [0.2, 0.25) is 5.88 Å². The lowest BCUT2D eigenvalue weighted by molar-refractivity contribution is -0.274. The molecule has 1 amide bonds. The lowest BCUT2D eigenvalue weighted by Crippen LogP contribution is -2.36. The number of nitrogens with zero attached hydrogens (tertiary/aromatic N) is 4. The highest BCUT2D eigenvalue weighted by atomic mass is 35.5. The molecule has 14 heteroatoms. The fourth-order valence-electron chi connectivity index (χ4n) is 3.53. The van der Waals surface area contributed by atoms with Gasteiger partial charge in [0.05, 0.1) is 17.7 Å². The van der Waals surface area contributed by atoms with Gasteiger partial charge in [-0.05, 0) is 39.0 Å². The van der Waals surface area contributed by atoms with Crippen molar-refractivity contribution < 1.29 is 36.6 Å². The van der Waals surface area contributed by atoms with E-state index >= 15 is 0 Å². The van der Waals surface area contributed by atoms with Gasteiger partial charge < -0.3 is 24.4 Å². The molecule has 0 unspecified atom stereocenters. The number of halogens is 5. The molecule has 1 fully saturated rings. The molecule has 3 aromatic rings. The molecule has 4 rings (SSSR count). The molecular formula is C23H22ClF4N5O4. The highest BCUT2D eigenvalue weighted by Gasteiger charge is 2.33. The van der Waals surface area contributed by atoms with E-state index in [0.717, 1.165) is 12.1 Å². The van der Waals surface area contributed by atoms with Crippen LogP contribution in [0.4, 0.5) is 33.9 Å². The Morgan fingerprint density at radius 3 is 2.62 bits per heavy atom. The van der Waals surface area contributed by atoms with Gasteiger partial charge in [-0.3, -0.25) is 0 Å². The molecule has 0 radical (unpaired) electrons. The molecule has 37 heavy (non-hydrogen) atoms. The summed E-state index contributed by atoms with van der Waals surface area (Å²) in [6.07, 6.45) is -4.03. The Balaban J connectivity index is 1.52. The summed E-state index contributed by atoms with van der Waals surface area (Å²) in [5.41, 5.74) is -0.255. The molecule has 3 heterocycles. The smallest absolute Gasteiger partial charge is 0.472 e. The van der Waals surface area contributed by atoms with Crippen LogP contribution in [0.1, 0.15) is 27.2 Å². The summed E-state index contributed by atoms with van der Waals surface area (Å²) in [7, 11) is 0. The van der Waals surface area contributed by atoms with Crippen LogP contribution >= 0.6 is 11.6 Å². The van der Waals surface area contributed by atoms with Crippen LogP contribution < -0.4 is 14.8 Å². The predicted molar refractivity (Wildman–Crippen MR) is 126 cm³/mol. The van der Waals surface area contributed by atoms with E-state index in [1.807, 2.05) is 0 Å². The molecule has 1 aromatic carbocycles. The molecule has 0 aliphatic carbocycles. The first-order valence-corrected chi connectivity index (χ1v) is 11.4. The molecule has 0 saturated carbocycles. The number of nitrogens with one attached hydrogen (secondary N) is 1. The number of likely N-dealkylation sites (tertiary alicyclic amines) is 1. The number of rotatable bonds is 5. The van der Waals surface area contributed by atoms with Gasteiger partial charge in [0.1, 0.15) is 28.6 Å². The second kappa shape index (κ2) is 10.0. The fourth-order valence-corrected chi connectivity index (χ4v) is 3.73. The average molecular weight is 544 g/mol. The van der Waals surface area contributed by atoms with Gasteiger partial charge in [-0.1, -0.05) is 11.6 Å². The van der Waals surface area contributed by atoms with Crippen molar-refractivity contribution in [3.8, 4) is 11.6 Å². The summed E-state index contributed by atoms with van der Waals surface area (Å²) in [5.74, 6) is -1.77. The Bertz CT molecular complexity index is 1320. The van der Waals surface area contributed by atoms with Gasteiger partial charge in [-0.25, -0.2) is 24.1 Å². The Morgan fingerprint density at radius 1 is 1.16 bits per heavy atom. The van der Waals surface area contributed by atoms with E-state index < -0.39 is 34.6 Å². The second-order valence-corrected chi connectivity index (χ2v) is 9.48. The summed E-state index contributed by atoms with van der Waals surface area (Å²) < 4.78 is 67.3. The van der Waals surface area contributed by atoms with Crippen molar-refractivity contribution >= 4 is 40.2 Å². The second-order valence-electron chi connectivity index (χ2n) is 9.11. The molecule has 9 nitrogen and oxygen atoms in total. The Kier molecular flexibility index (Phi) is 7.18. The zero-order valence-corrected chi connectivity index (χ0v) is 20.7. The molecule has 0 bridgehead atoms. The average Bonchev–Trinajstić information content (AvgIpc) is 3.26. The number of hydrogen-bond acceptors (Lipinski definition) is 8. The summed E-state index contributed by atoms with van der Waals surface area (Å²) in [6, 6.07) is 5.12. The number of aromatic nitrogens is 3. The first-order chi connectivity index (χ1) is 17.3. The van der Waals surface area contributed by atoms with Crippen LogP contribution in [0.25, 0.3) is 11.0 Å². The van der Waals surface area contributed by atoms with E-state index in [1.54, 1.807) is 37.8 Å². The van der Waals surface area contributed by atoms with E-state index in [4.69, 9.17) is 21.1 Å². The summed E-state index contributed by atoms with van der Waals surface area (Å²) in [5, 5.41) is 1.82. The summed E-state index contributed by atoms with van der Waals surface area (Å²) in [6.45, 7) is 6.11. The van der Waals surface area contributed by atoms with Crippen molar-refractivity contribution in [2.24, 2.45) is 0 Å². The maximum absolute atomic E-state index is 14.7. The van der Waals surface area contributed by atoms with Crippen molar-refractivity contribution in [2.45, 2.75) is 45.3 Å². The van der Waals surface area contributed by atoms with E-state index in [2.05, 4.69) is 25.0 Å². The van der Waals surface area contributed by atoms with E-state index in [-0.39, 0.29) is 29.0 Å². The fraction of sp³-hybridized carbons (Fsp3) is 0.391. The third-order valence-electron chi connectivity index (χ3n) is 5.07. The first kappa shape index (κ1) is 26.5. The molecule has 198 valence electrons. The number of hydrogen-bond donors (Lipinski definition) is 1. The zero-order chi connectivity index (χ0) is 27.0. The third kappa shape index (κ3) is 6.59. The number of pyridine rings is 1. The standard InChI is InChI=1S/C23H22ClF4N5O4/c1-22(2,3)37-21(34)33-9-8-12(10-33)35-16-7-5-14-19(32-16)20(30-11-29-14)31-13-4-6-15(17(24)18(13)25)36-23(26,27)28/h4-7,11-12H,8-10H2,1-3H3,(H,29,30,31)/t12-/m0/s1. The lowest BCUT2D eigenvalue weighted by Gasteiger charge is -2.24. The van der Waals surface area contributed by atoms with Crippen molar-refractivity contribution in [2.75, 3.05) is 18.4 Å². The van der Waals surface area contributed by atoms with E-state index in [0.29, 0.717) is 25.0 Å². The Morgan fingerprint density at radius 2 is 1.92 bits per heavy atom. The number of fused-ring (bicyclic) bond motifs is 1. The van der Waals surface area contributed by atoms with Crippen LogP contribution in [0.2, 0.25) is 5.02 Å². The molecule has 1 atom stereocenters. The van der Waals surface area contributed by atoms with Crippen LogP contribution in [-0.4, -0.2) is 57.1 Å². The van der Waals surface area contributed by atoms with Crippen molar-refractivity contribution in [3.05, 3.63) is 41.4 Å². The first-order valence-electron chi connectivity index (χ1n) is 11.1. The normalized spacial score (nSPS) is 16.1. The van der Waals surface area contributed by atoms with Crippen LogP contribution in [-0.2, 0) is 4.74 Å². The van der Waals surface area contributed by atoms with Gasteiger partial charge in [0.15, 0.2) is 17.4 Å². The highest BCUT2D eigenvalue weighted by molar-refractivity contribution is 6.32. The van der Waals surface area contributed by atoms with Gasteiger partial charge in [-0.15, -0.1) is 13.2 Å².